The van der Waals surface area contributed by atoms with Gasteiger partial charge in [-0.05, 0) is 31.5 Å². The number of aromatic nitrogens is 1. The number of unbranched alkanes of at least 4 members (excludes halogenated alkanes) is 1. The Morgan fingerprint density at radius 2 is 2.20 bits per heavy atom. The molecule has 1 heterocycles. The summed E-state index contributed by atoms with van der Waals surface area (Å²) in [6.07, 6.45) is 2.85. The topological polar surface area (TPSA) is 52.0 Å². The van der Waals surface area contributed by atoms with E-state index in [0.717, 1.165) is 36.3 Å². The Morgan fingerprint density at radius 3 is 3.00 bits per heavy atom. The standard InChI is InChI=1S/C11H13ClN2O/c12-8-4-5-9-10(7-8)15-11(14-9)3-1-2-6-13/h4-5,7H,1-3,6,13H2. The maximum atomic E-state index is 5.85. The Bertz CT molecular complexity index is 453. The maximum Gasteiger partial charge on any atom is 0.195 e. The molecule has 15 heavy (non-hydrogen) atoms. The largest absolute Gasteiger partial charge is 0.441 e. The third kappa shape index (κ3) is 2.49. The third-order valence-electron chi connectivity index (χ3n) is 2.24. The van der Waals surface area contributed by atoms with E-state index in [0.29, 0.717) is 11.6 Å². The van der Waals surface area contributed by atoms with Crippen LogP contribution in [0.4, 0.5) is 0 Å². The van der Waals surface area contributed by atoms with E-state index < -0.39 is 0 Å². The van der Waals surface area contributed by atoms with E-state index in [4.69, 9.17) is 21.8 Å². The van der Waals surface area contributed by atoms with Crippen molar-refractivity contribution in [1.82, 2.24) is 4.98 Å². The van der Waals surface area contributed by atoms with E-state index in [1.807, 2.05) is 12.1 Å². The van der Waals surface area contributed by atoms with Crippen LogP contribution in [0.25, 0.3) is 11.1 Å². The van der Waals surface area contributed by atoms with E-state index in [-0.39, 0.29) is 0 Å². The van der Waals surface area contributed by atoms with Gasteiger partial charge in [0.1, 0.15) is 5.52 Å². The van der Waals surface area contributed by atoms with Crippen molar-refractivity contribution >= 4 is 22.7 Å². The number of nitrogens with two attached hydrogens (primary N) is 1. The molecule has 1 aromatic heterocycles. The first-order valence-electron chi connectivity index (χ1n) is 5.04. The normalized spacial score (nSPS) is 11.1. The fourth-order valence-electron chi connectivity index (χ4n) is 1.47. The Hall–Kier alpha value is -1.06. The highest BCUT2D eigenvalue weighted by Crippen LogP contribution is 2.20. The molecule has 3 nitrogen and oxygen atoms in total. The molecule has 1 aromatic carbocycles. The van der Waals surface area contributed by atoms with Gasteiger partial charge >= 0.3 is 0 Å². The van der Waals surface area contributed by atoms with E-state index >= 15 is 0 Å². The van der Waals surface area contributed by atoms with Crippen molar-refractivity contribution in [2.24, 2.45) is 5.73 Å². The first kappa shape index (κ1) is 10.5. The molecule has 80 valence electrons. The fraction of sp³-hybridized carbons (Fsp3) is 0.364. The Labute approximate surface area is 93.2 Å². The molecule has 0 fully saturated rings. The molecule has 0 saturated carbocycles. The number of oxazole rings is 1. The minimum atomic E-state index is 0.673. The van der Waals surface area contributed by atoms with Crippen LogP contribution in [0, 0.1) is 0 Å². The summed E-state index contributed by atoms with van der Waals surface area (Å²) < 4.78 is 5.56. The fourth-order valence-corrected chi connectivity index (χ4v) is 1.64. The van der Waals surface area contributed by atoms with Crippen LogP contribution < -0.4 is 5.73 Å². The molecular formula is C11H13ClN2O. The van der Waals surface area contributed by atoms with Gasteiger partial charge in [-0.25, -0.2) is 4.98 Å². The zero-order valence-corrected chi connectivity index (χ0v) is 9.13. The molecule has 0 spiro atoms. The Kier molecular flexibility index (Phi) is 3.23. The summed E-state index contributed by atoms with van der Waals surface area (Å²) in [5.74, 6) is 0.765. The molecule has 0 aliphatic carbocycles. The number of fused-ring (bicyclic) bond motifs is 1. The quantitative estimate of drug-likeness (QED) is 0.813. The Morgan fingerprint density at radius 1 is 1.33 bits per heavy atom. The van der Waals surface area contributed by atoms with Crippen LogP contribution in [0.3, 0.4) is 0 Å². The van der Waals surface area contributed by atoms with Crippen LogP contribution in [0.2, 0.25) is 5.02 Å². The minimum absolute atomic E-state index is 0.673. The monoisotopic (exact) mass is 224 g/mol. The van der Waals surface area contributed by atoms with Crippen LogP contribution in [0.5, 0.6) is 0 Å². The van der Waals surface area contributed by atoms with Crippen LogP contribution in [0.1, 0.15) is 18.7 Å². The molecular weight excluding hydrogens is 212 g/mol. The van der Waals surface area contributed by atoms with Gasteiger partial charge in [0.2, 0.25) is 0 Å². The van der Waals surface area contributed by atoms with Crippen molar-refractivity contribution < 1.29 is 4.42 Å². The number of nitrogens with zero attached hydrogens (tertiary/aromatic N) is 1. The zero-order valence-electron chi connectivity index (χ0n) is 8.37. The summed E-state index contributed by atoms with van der Waals surface area (Å²) in [5, 5.41) is 0.673. The van der Waals surface area contributed by atoms with Crippen molar-refractivity contribution in [1.29, 1.82) is 0 Å². The number of rotatable bonds is 4. The molecule has 4 heteroatoms. The lowest BCUT2D eigenvalue weighted by Gasteiger charge is -1.92. The highest BCUT2D eigenvalue weighted by atomic mass is 35.5. The van der Waals surface area contributed by atoms with E-state index in [2.05, 4.69) is 4.98 Å². The summed E-state index contributed by atoms with van der Waals surface area (Å²) in [6, 6.07) is 5.47. The molecule has 0 radical (unpaired) electrons. The Balaban J connectivity index is 2.16. The maximum absolute atomic E-state index is 5.85. The van der Waals surface area contributed by atoms with Gasteiger partial charge in [0, 0.05) is 17.5 Å². The SMILES string of the molecule is NCCCCc1nc2ccc(Cl)cc2o1. The van der Waals surface area contributed by atoms with Gasteiger partial charge in [0.05, 0.1) is 0 Å². The second-order valence-corrected chi connectivity index (χ2v) is 3.90. The molecule has 0 atom stereocenters. The van der Waals surface area contributed by atoms with Crippen LogP contribution in [0.15, 0.2) is 22.6 Å². The van der Waals surface area contributed by atoms with Gasteiger partial charge in [-0.1, -0.05) is 11.6 Å². The van der Waals surface area contributed by atoms with Crippen LogP contribution in [-0.2, 0) is 6.42 Å². The second kappa shape index (κ2) is 4.64. The minimum Gasteiger partial charge on any atom is -0.441 e. The molecule has 0 aliphatic rings. The lowest BCUT2D eigenvalue weighted by Crippen LogP contribution is -1.98. The zero-order chi connectivity index (χ0) is 10.7. The van der Waals surface area contributed by atoms with Gasteiger partial charge in [0.15, 0.2) is 11.5 Å². The highest BCUT2D eigenvalue weighted by Gasteiger charge is 2.05. The highest BCUT2D eigenvalue weighted by molar-refractivity contribution is 6.31. The first-order valence-corrected chi connectivity index (χ1v) is 5.42. The smallest absolute Gasteiger partial charge is 0.195 e. The van der Waals surface area contributed by atoms with Crippen LogP contribution in [-0.4, -0.2) is 11.5 Å². The number of halogens is 1. The molecule has 2 rings (SSSR count). The molecule has 0 unspecified atom stereocenters. The third-order valence-corrected chi connectivity index (χ3v) is 2.47. The van der Waals surface area contributed by atoms with E-state index in [1.165, 1.54) is 0 Å². The van der Waals surface area contributed by atoms with E-state index in [9.17, 15) is 0 Å². The average molecular weight is 225 g/mol. The number of hydrogen-bond donors (Lipinski definition) is 1. The number of benzene rings is 1. The van der Waals surface area contributed by atoms with Gasteiger partial charge in [-0.15, -0.1) is 0 Å². The molecule has 0 bridgehead atoms. The molecule has 0 aliphatic heterocycles. The lowest BCUT2D eigenvalue weighted by atomic mass is 10.2. The summed E-state index contributed by atoms with van der Waals surface area (Å²) in [6.45, 7) is 0.714. The van der Waals surface area contributed by atoms with Crippen LogP contribution >= 0.6 is 11.6 Å². The lowest BCUT2D eigenvalue weighted by molar-refractivity contribution is 0.515. The van der Waals surface area contributed by atoms with Gasteiger partial charge < -0.3 is 10.2 Å². The molecule has 2 aromatic rings. The summed E-state index contributed by atoms with van der Waals surface area (Å²) in [7, 11) is 0. The first-order chi connectivity index (χ1) is 7.29. The summed E-state index contributed by atoms with van der Waals surface area (Å²) in [4.78, 5) is 4.36. The molecule has 0 amide bonds. The molecule has 2 N–H and O–H groups in total. The summed E-state index contributed by atoms with van der Waals surface area (Å²) in [5.41, 5.74) is 7.04. The van der Waals surface area contributed by atoms with E-state index in [1.54, 1.807) is 6.07 Å². The van der Waals surface area contributed by atoms with Gasteiger partial charge in [0.25, 0.3) is 0 Å². The average Bonchev–Trinajstić information content (AvgIpc) is 2.60. The predicted molar refractivity (Wildman–Crippen MR) is 61.0 cm³/mol. The van der Waals surface area contributed by atoms with Crippen molar-refractivity contribution in [2.45, 2.75) is 19.3 Å². The number of aryl methyl sites for hydroxylation is 1. The van der Waals surface area contributed by atoms with Crippen molar-refractivity contribution in [3.05, 3.63) is 29.1 Å². The van der Waals surface area contributed by atoms with Gasteiger partial charge in [-0.2, -0.15) is 0 Å². The predicted octanol–water partition coefficient (Wildman–Crippen LogP) is 2.76. The summed E-state index contributed by atoms with van der Waals surface area (Å²) >= 11 is 5.85. The second-order valence-electron chi connectivity index (χ2n) is 3.47. The van der Waals surface area contributed by atoms with Gasteiger partial charge in [-0.3, -0.25) is 0 Å². The van der Waals surface area contributed by atoms with Crippen molar-refractivity contribution in [3.63, 3.8) is 0 Å². The molecule has 0 saturated heterocycles. The van der Waals surface area contributed by atoms with Crippen molar-refractivity contribution in [3.8, 4) is 0 Å². The number of hydrogen-bond acceptors (Lipinski definition) is 3. The van der Waals surface area contributed by atoms with Crippen molar-refractivity contribution in [2.75, 3.05) is 6.54 Å².